The van der Waals surface area contributed by atoms with Crippen LogP contribution in [0.4, 0.5) is 0 Å². The van der Waals surface area contributed by atoms with Crippen molar-refractivity contribution >= 4 is 10.0 Å². The van der Waals surface area contributed by atoms with Crippen molar-refractivity contribution in [3.8, 4) is 0 Å². The smallest absolute Gasteiger partial charge is 0.247 e. The van der Waals surface area contributed by atoms with Gasteiger partial charge in [0, 0.05) is 19.8 Å². The van der Waals surface area contributed by atoms with E-state index < -0.39 is 10.0 Å². The average molecular weight is 292 g/mol. The SMILES string of the molecule is Cc1nn(C)c(C)c1S(=O)(=O)N1Cc2cccnc2C1. The normalized spacial score (nSPS) is 15.6. The Balaban J connectivity index is 2.03. The zero-order valence-corrected chi connectivity index (χ0v) is 12.5. The summed E-state index contributed by atoms with van der Waals surface area (Å²) in [5, 5.41) is 4.19. The van der Waals surface area contributed by atoms with Crippen LogP contribution in [0.15, 0.2) is 23.2 Å². The van der Waals surface area contributed by atoms with Crippen molar-refractivity contribution < 1.29 is 8.42 Å². The zero-order valence-electron chi connectivity index (χ0n) is 11.7. The van der Waals surface area contributed by atoms with Crippen molar-refractivity contribution in [2.75, 3.05) is 0 Å². The average Bonchev–Trinajstić information content (AvgIpc) is 2.92. The van der Waals surface area contributed by atoms with E-state index in [4.69, 9.17) is 0 Å². The molecular weight excluding hydrogens is 276 g/mol. The van der Waals surface area contributed by atoms with Gasteiger partial charge in [-0.2, -0.15) is 9.40 Å². The van der Waals surface area contributed by atoms with Crippen LogP contribution in [0.1, 0.15) is 22.6 Å². The topological polar surface area (TPSA) is 68.1 Å². The molecule has 0 unspecified atom stereocenters. The Morgan fingerprint density at radius 3 is 2.60 bits per heavy atom. The van der Waals surface area contributed by atoms with E-state index in [9.17, 15) is 8.42 Å². The lowest BCUT2D eigenvalue weighted by atomic mass is 10.2. The Morgan fingerprint density at radius 2 is 2.00 bits per heavy atom. The van der Waals surface area contributed by atoms with Crippen LogP contribution in [0.2, 0.25) is 0 Å². The van der Waals surface area contributed by atoms with Gasteiger partial charge < -0.3 is 0 Å². The van der Waals surface area contributed by atoms with Gasteiger partial charge in [0.25, 0.3) is 0 Å². The van der Waals surface area contributed by atoms with Crippen molar-refractivity contribution in [1.82, 2.24) is 19.1 Å². The number of pyridine rings is 1. The van der Waals surface area contributed by atoms with Gasteiger partial charge in [-0.25, -0.2) is 8.42 Å². The molecule has 2 aromatic heterocycles. The van der Waals surface area contributed by atoms with Crippen molar-refractivity contribution in [2.24, 2.45) is 7.05 Å². The molecule has 20 heavy (non-hydrogen) atoms. The highest BCUT2D eigenvalue weighted by atomic mass is 32.2. The summed E-state index contributed by atoms with van der Waals surface area (Å²) in [6.45, 7) is 4.20. The van der Waals surface area contributed by atoms with E-state index in [-0.39, 0.29) is 0 Å². The van der Waals surface area contributed by atoms with E-state index in [0.717, 1.165) is 11.3 Å². The number of nitrogens with zero attached hydrogens (tertiary/aromatic N) is 4. The third-order valence-electron chi connectivity index (χ3n) is 3.70. The molecule has 0 atom stereocenters. The van der Waals surface area contributed by atoms with E-state index >= 15 is 0 Å². The standard InChI is InChI=1S/C13H16N4O2S/c1-9-13(10(2)16(3)15-9)20(18,19)17-7-11-5-4-6-14-12(11)8-17/h4-6H,7-8H2,1-3H3. The Morgan fingerprint density at radius 1 is 1.25 bits per heavy atom. The summed E-state index contributed by atoms with van der Waals surface area (Å²) in [4.78, 5) is 4.55. The van der Waals surface area contributed by atoms with E-state index in [2.05, 4.69) is 10.1 Å². The fraction of sp³-hybridized carbons (Fsp3) is 0.385. The van der Waals surface area contributed by atoms with Gasteiger partial charge in [0.05, 0.1) is 23.6 Å². The number of aromatic nitrogens is 3. The molecule has 0 radical (unpaired) electrons. The second-order valence-corrected chi connectivity index (χ2v) is 6.88. The summed E-state index contributed by atoms with van der Waals surface area (Å²) in [6, 6.07) is 3.75. The summed E-state index contributed by atoms with van der Waals surface area (Å²) >= 11 is 0. The van der Waals surface area contributed by atoms with Crippen LogP contribution >= 0.6 is 0 Å². The van der Waals surface area contributed by atoms with E-state index in [1.165, 1.54) is 4.31 Å². The minimum Gasteiger partial charge on any atom is -0.271 e. The molecule has 0 fully saturated rings. The molecule has 1 aliphatic heterocycles. The molecule has 3 heterocycles. The van der Waals surface area contributed by atoms with Crippen molar-refractivity contribution in [1.29, 1.82) is 0 Å². The summed E-state index contributed by atoms with van der Waals surface area (Å²) in [6.07, 6.45) is 1.69. The molecule has 7 heteroatoms. The first-order valence-corrected chi connectivity index (χ1v) is 7.78. The first-order chi connectivity index (χ1) is 9.41. The lowest BCUT2D eigenvalue weighted by Crippen LogP contribution is -2.26. The molecule has 3 rings (SSSR count). The monoisotopic (exact) mass is 292 g/mol. The molecule has 0 saturated carbocycles. The van der Waals surface area contributed by atoms with E-state index in [0.29, 0.717) is 29.4 Å². The fourth-order valence-electron chi connectivity index (χ4n) is 2.60. The third kappa shape index (κ3) is 1.85. The summed E-state index contributed by atoms with van der Waals surface area (Å²) in [5.41, 5.74) is 2.99. The molecule has 6 nitrogen and oxygen atoms in total. The zero-order chi connectivity index (χ0) is 14.5. The first kappa shape index (κ1) is 13.3. The van der Waals surface area contributed by atoms with E-state index in [1.807, 2.05) is 12.1 Å². The Bertz CT molecular complexity index is 755. The van der Waals surface area contributed by atoms with Gasteiger partial charge in [-0.05, 0) is 25.5 Å². The molecule has 0 bridgehead atoms. The van der Waals surface area contributed by atoms with Gasteiger partial charge in [0.15, 0.2) is 0 Å². The van der Waals surface area contributed by atoms with Crippen molar-refractivity contribution in [3.63, 3.8) is 0 Å². The maximum atomic E-state index is 12.8. The van der Waals surface area contributed by atoms with Crippen LogP contribution in [-0.2, 0) is 30.2 Å². The van der Waals surface area contributed by atoms with Gasteiger partial charge in [0.2, 0.25) is 10.0 Å². The number of aryl methyl sites for hydroxylation is 2. The van der Waals surface area contributed by atoms with Crippen LogP contribution in [0.3, 0.4) is 0 Å². The predicted molar refractivity (Wildman–Crippen MR) is 73.4 cm³/mol. The van der Waals surface area contributed by atoms with Crippen LogP contribution < -0.4 is 0 Å². The summed E-state index contributed by atoms with van der Waals surface area (Å²) in [5.74, 6) is 0. The van der Waals surface area contributed by atoms with Gasteiger partial charge in [0.1, 0.15) is 4.90 Å². The predicted octanol–water partition coefficient (Wildman–Crippen LogP) is 1.14. The highest BCUT2D eigenvalue weighted by Crippen LogP contribution is 2.29. The molecule has 0 aromatic carbocycles. The number of hydrogen-bond donors (Lipinski definition) is 0. The highest BCUT2D eigenvalue weighted by Gasteiger charge is 2.34. The number of rotatable bonds is 2. The largest absolute Gasteiger partial charge is 0.271 e. The summed E-state index contributed by atoms with van der Waals surface area (Å²) in [7, 11) is -1.79. The summed E-state index contributed by atoms with van der Waals surface area (Å²) < 4.78 is 28.7. The molecular formula is C13H16N4O2S. The molecule has 106 valence electrons. The number of sulfonamides is 1. The Labute approximate surface area is 118 Å². The molecule has 0 spiro atoms. The van der Waals surface area contributed by atoms with Crippen molar-refractivity contribution in [2.45, 2.75) is 31.8 Å². The van der Waals surface area contributed by atoms with Crippen LogP contribution in [-0.4, -0.2) is 27.5 Å². The Kier molecular flexibility index (Phi) is 2.91. The minimum atomic E-state index is -3.54. The fourth-order valence-corrected chi connectivity index (χ4v) is 4.38. The van der Waals surface area contributed by atoms with Crippen LogP contribution in [0.5, 0.6) is 0 Å². The molecule has 0 saturated heterocycles. The second kappa shape index (κ2) is 4.39. The molecule has 2 aromatic rings. The molecule has 0 amide bonds. The van der Waals surface area contributed by atoms with Gasteiger partial charge in [-0.3, -0.25) is 9.67 Å². The van der Waals surface area contributed by atoms with Crippen LogP contribution in [0.25, 0.3) is 0 Å². The first-order valence-electron chi connectivity index (χ1n) is 6.34. The molecule has 0 aliphatic carbocycles. The van der Waals surface area contributed by atoms with E-state index in [1.54, 1.807) is 31.8 Å². The Hall–Kier alpha value is -1.73. The van der Waals surface area contributed by atoms with Crippen molar-refractivity contribution in [3.05, 3.63) is 41.0 Å². The van der Waals surface area contributed by atoms with Gasteiger partial charge in [-0.15, -0.1) is 0 Å². The third-order valence-corrected chi connectivity index (χ3v) is 5.74. The lowest BCUT2D eigenvalue weighted by molar-refractivity contribution is 0.429. The van der Waals surface area contributed by atoms with Gasteiger partial charge in [-0.1, -0.05) is 6.07 Å². The maximum absolute atomic E-state index is 12.8. The quantitative estimate of drug-likeness (QED) is 0.832. The number of hydrogen-bond acceptors (Lipinski definition) is 4. The lowest BCUT2D eigenvalue weighted by Gasteiger charge is -2.15. The molecule has 0 N–H and O–H groups in total. The van der Waals surface area contributed by atoms with Gasteiger partial charge >= 0.3 is 0 Å². The minimum absolute atomic E-state index is 0.313. The highest BCUT2D eigenvalue weighted by molar-refractivity contribution is 7.89. The van der Waals surface area contributed by atoms with Crippen LogP contribution in [0, 0.1) is 13.8 Å². The number of fused-ring (bicyclic) bond motifs is 1. The second-order valence-electron chi connectivity index (χ2n) is 5.01. The maximum Gasteiger partial charge on any atom is 0.247 e. The molecule has 1 aliphatic rings.